The average Bonchev–Trinajstić information content (AvgIpc) is 2.24. The molecule has 1 rings (SSSR count). The van der Waals surface area contributed by atoms with Crippen LogP contribution in [0.1, 0.15) is 26.3 Å². The fourth-order valence-electron chi connectivity index (χ4n) is 1.50. The topological polar surface area (TPSA) is 29.1 Å². The minimum Gasteiger partial charge on any atom is -0.352 e. The van der Waals surface area contributed by atoms with E-state index in [0.717, 1.165) is 5.56 Å². The molecule has 1 atom stereocenters. The van der Waals surface area contributed by atoms with E-state index in [1.165, 1.54) is 0 Å². The lowest BCUT2D eigenvalue weighted by Crippen LogP contribution is -2.37. The highest BCUT2D eigenvalue weighted by Crippen LogP contribution is 2.24. The number of benzene rings is 1. The number of halogens is 2. The van der Waals surface area contributed by atoms with E-state index in [1.54, 1.807) is 12.1 Å². The molecule has 0 aromatic heterocycles. The molecule has 0 aliphatic heterocycles. The smallest absolute Gasteiger partial charge is 0.207 e. The second-order valence-corrected chi connectivity index (χ2v) is 6.00. The van der Waals surface area contributed by atoms with E-state index in [0.29, 0.717) is 16.5 Å². The molecule has 0 aliphatic rings. The number of carbonyl (C=O) groups excluding carboxylic acids is 1. The molecule has 0 spiro atoms. The summed E-state index contributed by atoms with van der Waals surface area (Å²) in [5.74, 6) is 0. The van der Waals surface area contributed by atoms with E-state index in [9.17, 15) is 4.79 Å². The second kappa shape index (κ2) is 6.26. The Morgan fingerprint density at radius 2 is 1.94 bits per heavy atom. The van der Waals surface area contributed by atoms with Gasteiger partial charge in [0, 0.05) is 10.0 Å². The molecule has 1 aromatic carbocycles. The van der Waals surface area contributed by atoms with Gasteiger partial charge in [-0.05, 0) is 23.1 Å². The van der Waals surface area contributed by atoms with Crippen LogP contribution < -0.4 is 5.32 Å². The van der Waals surface area contributed by atoms with Gasteiger partial charge in [-0.2, -0.15) is 0 Å². The summed E-state index contributed by atoms with van der Waals surface area (Å²) in [4.78, 5) is 10.6. The van der Waals surface area contributed by atoms with Crippen LogP contribution in [0.3, 0.4) is 0 Å². The molecule has 1 aromatic rings. The first-order valence-electron chi connectivity index (χ1n) is 5.67. The van der Waals surface area contributed by atoms with Gasteiger partial charge in [0.2, 0.25) is 6.41 Å². The van der Waals surface area contributed by atoms with Crippen molar-refractivity contribution in [1.29, 1.82) is 0 Å². The molecule has 0 bridgehead atoms. The lowest BCUT2D eigenvalue weighted by atomic mass is 9.86. The molecule has 4 heteroatoms. The third-order valence-electron chi connectivity index (χ3n) is 2.61. The fraction of sp³-hybridized carbons (Fsp3) is 0.357. The summed E-state index contributed by atoms with van der Waals surface area (Å²) >= 11 is 11.9. The Bertz CT molecular complexity index is 450. The molecule has 1 amide bonds. The van der Waals surface area contributed by atoms with E-state index in [4.69, 9.17) is 23.2 Å². The SMILES string of the molecule is CC(C)(C)C(C=Cc1ccc(Cl)cc1Cl)NC=O. The summed E-state index contributed by atoms with van der Waals surface area (Å²) in [6.45, 7) is 6.17. The van der Waals surface area contributed by atoms with Crippen molar-refractivity contribution in [2.75, 3.05) is 0 Å². The quantitative estimate of drug-likeness (QED) is 0.827. The van der Waals surface area contributed by atoms with Crippen LogP contribution in [0, 0.1) is 5.41 Å². The number of nitrogens with one attached hydrogen (secondary N) is 1. The van der Waals surface area contributed by atoms with Crippen molar-refractivity contribution < 1.29 is 4.79 Å². The number of carbonyl (C=O) groups is 1. The van der Waals surface area contributed by atoms with Gasteiger partial charge in [-0.3, -0.25) is 4.79 Å². The van der Waals surface area contributed by atoms with Crippen LogP contribution in [0.5, 0.6) is 0 Å². The van der Waals surface area contributed by atoms with E-state index in [-0.39, 0.29) is 11.5 Å². The minimum atomic E-state index is -0.0592. The standard InChI is InChI=1S/C14H17Cl2NO/c1-14(2,3)13(17-9-18)7-5-10-4-6-11(15)8-12(10)16/h4-9,13H,1-3H3,(H,17,18). The Morgan fingerprint density at radius 1 is 1.28 bits per heavy atom. The summed E-state index contributed by atoms with van der Waals surface area (Å²) in [6.07, 6.45) is 4.54. The summed E-state index contributed by atoms with van der Waals surface area (Å²) < 4.78 is 0. The first-order valence-corrected chi connectivity index (χ1v) is 6.43. The summed E-state index contributed by atoms with van der Waals surface area (Å²) in [5, 5.41) is 3.99. The Balaban J connectivity index is 2.92. The highest BCUT2D eigenvalue weighted by Gasteiger charge is 2.21. The highest BCUT2D eigenvalue weighted by atomic mass is 35.5. The zero-order valence-corrected chi connectivity index (χ0v) is 12.2. The molecular weight excluding hydrogens is 269 g/mol. The van der Waals surface area contributed by atoms with Crippen LogP contribution in [-0.4, -0.2) is 12.5 Å². The van der Waals surface area contributed by atoms with Gasteiger partial charge in [0.05, 0.1) is 6.04 Å². The minimum absolute atomic E-state index is 0.0539. The van der Waals surface area contributed by atoms with Crippen LogP contribution in [0.25, 0.3) is 6.08 Å². The van der Waals surface area contributed by atoms with Gasteiger partial charge >= 0.3 is 0 Å². The highest BCUT2D eigenvalue weighted by molar-refractivity contribution is 6.35. The van der Waals surface area contributed by atoms with Crippen molar-refractivity contribution in [2.45, 2.75) is 26.8 Å². The molecule has 0 radical (unpaired) electrons. The molecule has 98 valence electrons. The van der Waals surface area contributed by atoms with Gasteiger partial charge < -0.3 is 5.32 Å². The average molecular weight is 286 g/mol. The Labute approximate surface area is 118 Å². The van der Waals surface area contributed by atoms with Gasteiger partial charge in [-0.15, -0.1) is 0 Å². The number of amides is 1. The van der Waals surface area contributed by atoms with E-state index < -0.39 is 0 Å². The maximum Gasteiger partial charge on any atom is 0.207 e. The van der Waals surface area contributed by atoms with Crippen molar-refractivity contribution in [3.05, 3.63) is 39.9 Å². The lowest BCUT2D eigenvalue weighted by molar-refractivity contribution is -0.110. The molecule has 2 nitrogen and oxygen atoms in total. The van der Waals surface area contributed by atoms with Crippen LogP contribution in [0.4, 0.5) is 0 Å². The summed E-state index contributed by atoms with van der Waals surface area (Å²) in [6, 6.07) is 5.28. The van der Waals surface area contributed by atoms with E-state index >= 15 is 0 Å². The predicted molar refractivity (Wildman–Crippen MR) is 77.9 cm³/mol. The van der Waals surface area contributed by atoms with Gasteiger partial charge in [-0.1, -0.05) is 62.2 Å². The molecule has 18 heavy (non-hydrogen) atoms. The van der Waals surface area contributed by atoms with Gasteiger partial charge in [-0.25, -0.2) is 0 Å². The number of rotatable bonds is 4. The van der Waals surface area contributed by atoms with Gasteiger partial charge in [0.25, 0.3) is 0 Å². The first kappa shape index (κ1) is 15.1. The normalized spacial score (nSPS) is 13.6. The molecule has 0 fully saturated rings. The van der Waals surface area contributed by atoms with Crippen molar-refractivity contribution >= 4 is 35.7 Å². The second-order valence-electron chi connectivity index (χ2n) is 5.15. The predicted octanol–water partition coefficient (Wildman–Crippen LogP) is 4.17. The number of hydrogen-bond donors (Lipinski definition) is 1. The first-order chi connectivity index (χ1) is 8.34. The molecule has 0 aliphatic carbocycles. The van der Waals surface area contributed by atoms with Crippen molar-refractivity contribution in [3.8, 4) is 0 Å². The molecule has 1 N–H and O–H groups in total. The monoisotopic (exact) mass is 285 g/mol. The van der Waals surface area contributed by atoms with E-state index in [2.05, 4.69) is 26.1 Å². The Hall–Kier alpha value is -0.990. The van der Waals surface area contributed by atoms with Gasteiger partial charge in [0.15, 0.2) is 0 Å². The summed E-state index contributed by atoms with van der Waals surface area (Å²) in [7, 11) is 0. The van der Waals surface area contributed by atoms with Crippen LogP contribution >= 0.6 is 23.2 Å². The molecule has 0 heterocycles. The van der Waals surface area contributed by atoms with E-state index in [1.807, 2.05) is 18.2 Å². The van der Waals surface area contributed by atoms with Crippen molar-refractivity contribution in [3.63, 3.8) is 0 Å². The largest absolute Gasteiger partial charge is 0.352 e. The zero-order valence-electron chi connectivity index (χ0n) is 10.7. The van der Waals surface area contributed by atoms with Crippen LogP contribution in [0.2, 0.25) is 10.0 Å². The fourth-order valence-corrected chi connectivity index (χ4v) is 1.98. The Kier molecular flexibility index (Phi) is 5.24. The third-order valence-corrected chi connectivity index (χ3v) is 3.17. The maximum atomic E-state index is 10.6. The lowest BCUT2D eigenvalue weighted by Gasteiger charge is -2.27. The van der Waals surface area contributed by atoms with Crippen molar-refractivity contribution in [1.82, 2.24) is 5.32 Å². The Morgan fingerprint density at radius 3 is 2.44 bits per heavy atom. The molecule has 0 saturated heterocycles. The van der Waals surface area contributed by atoms with Crippen LogP contribution in [-0.2, 0) is 4.79 Å². The zero-order chi connectivity index (χ0) is 13.8. The maximum absolute atomic E-state index is 10.6. The van der Waals surface area contributed by atoms with Crippen molar-refractivity contribution in [2.24, 2.45) is 5.41 Å². The molecule has 0 saturated carbocycles. The molecule has 1 unspecified atom stereocenters. The molecular formula is C14H17Cl2NO. The summed E-state index contributed by atoms with van der Waals surface area (Å²) in [5.41, 5.74) is 0.819. The van der Waals surface area contributed by atoms with Gasteiger partial charge in [0.1, 0.15) is 0 Å². The third kappa shape index (κ3) is 4.35. The number of hydrogen-bond acceptors (Lipinski definition) is 1. The van der Waals surface area contributed by atoms with Crippen LogP contribution in [0.15, 0.2) is 24.3 Å².